The second kappa shape index (κ2) is 5.32. The third-order valence-electron chi connectivity index (χ3n) is 2.51. The zero-order valence-electron chi connectivity index (χ0n) is 8.94. The Kier molecular flexibility index (Phi) is 4.03. The highest BCUT2D eigenvalue weighted by Gasteiger charge is 2.15. The molecule has 0 amide bonds. The van der Waals surface area contributed by atoms with Crippen LogP contribution in [0.1, 0.15) is 28.5 Å². The maximum atomic E-state index is 10.0. The maximum absolute atomic E-state index is 10.0. The van der Waals surface area contributed by atoms with Crippen molar-refractivity contribution in [1.29, 1.82) is 0 Å². The van der Waals surface area contributed by atoms with Crippen LogP contribution in [0.2, 0.25) is 5.02 Å². The van der Waals surface area contributed by atoms with Gasteiger partial charge in [-0.2, -0.15) is 11.3 Å². The zero-order chi connectivity index (χ0) is 11.5. The number of aliphatic hydroxyl groups excluding tert-OH is 1. The Labute approximate surface area is 108 Å². The molecule has 0 aromatic carbocycles. The smallest absolute Gasteiger partial charge is 0.0900 e. The van der Waals surface area contributed by atoms with Gasteiger partial charge in [-0.05, 0) is 53.1 Å². The van der Waals surface area contributed by atoms with Gasteiger partial charge in [-0.3, -0.25) is 0 Å². The van der Waals surface area contributed by atoms with Gasteiger partial charge in [0.15, 0.2) is 0 Å². The molecule has 2 aromatic rings. The normalized spacial score (nSPS) is 12.9. The molecule has 1 nitrogen and oxygen atoms in total. The van der Waals surface area contributed by atoms with Gasteiger partial charge >= 0.3 is 0 Å². The monoisotopic (exact) mass is 272 g/mol. The summed E-state index contributed by atoms with van der Waals surface area (Å²) in [7, 11) is 0. The topological polar surface area (TPSA) is 20.2 Å². The zero-order valence-corrected chi connectivity index (χ0v) is 11.3. The molecule has 0 bridgehead atoms. The van der Waals surface area contributed by atoms with E-state index in [9.17, 15) is 5.11 Å². The van der Waals surface area contributed by atoms with Crippen molar-refractivity contribution in [3.63, 3.8) is 0 Å². The molecule has 2 heterocycles. The van der Waals surface area contributed by atoms with Crippen LogP contribution in [0.3, 0.4) is 0 Å². The van der Waals surface area contributed by atoms with Gasteiger partial charge in [0.05, 0.1) is 16.0 Å². The molecule has 2 aromatic heterocycles. The summed E-state index contributed by atoms with van der Waals surface area (Å²) in [5, 5.41) is 16.9. The Hall–Kier alpha value is -0.350. The summed E-state index contributed by atoms with van der Waals surface area (Å²) < 4.78 is 0. The number of thiophene rings is 2. The molecule has 0 aliphatic carbocycles. The van der Waals surface area contributed by atoms with Gasteiger partial charge in [-0.25, -0.2) is 0 Å². The van der Waals surface area contributed by atoms with Gasteiger partial charge in [0.2, 0.25) is 0 Å². The Balaban J connectivity index is 1.98. The molecule has 0 radical (unpaired) electrons. The predicted octanol–water partition coefficient (Wildman–Crippen LogP) is 4.44. The second-order valence-corrected chi connectivity index (χ2v) is 5.85. The molecular formula is C12H13ClOS2. The lowest BCUT2D eigenvalue weighted by Crippen LogP contribution is -1.97. The van der Waals surface area contributed by atoms with Crippen molar-refractivity contribution in [2.24, 2.45) is 0 Å². The Morgan fingerprint density at radius 3 is 2.81 bits per heavy atom. The summed E-state index contributed by atoms with van der Waals surface area (Å²) in [6.07, 6.45) is 1.19. The Morgan fingerprint density at radius 2 is 2.25 bits per heavy atom. The Bertz CT molecular complexity index is 448. The summed E-state index contributed by atoms with van der Waals surface area (Å²) in [5.41, 5.74) is 2.34. The van der Waals surface area contributed by atoms with E-state index in [0.717, 1.165) is 28.3 Å². The molecule has 1 atom stereocenters. The van der Waals surface area contributed by atoms with Gasteiger partial charge in [-0.1, -0.05) is 11.6 Å². The van der Waals surface area contributed by atoms with Gasteiger partial charge in [0.25, 0.3) is 0 Å². The van der Waals surface area contributed by atoms with E-state index in [4.69, 9.17) is 11.6 Å². The molecule has 1 N–H and O–H groups in total. The van der Waals surface area contributed by atoms with Crippen molar-refractivity contribution >= 4 is 34.3 Å². The third-order valence-corrected chi connectivity index (χ3v) is 5.06. The first-order chi connectivity index (χ1) is 7.68. The molecule has 0 aliphatic heterocycles. The van der Waals surface area contributed by atoms with Crippen molar-refractivity contribution in [1.82, 2.24) is 0 Å². The number of hydrogen-bond donors (Lipinski definition) is 1. The summed E-state index contributed by atoms with van der Waals surface area (Å²) in [4.78, 5) is 0.898. The van der Waals surface area contributed by atoms with Crippen molar-refractivity contribution in [3.8, 4) is 0 Å². The van der Waals surface area contributed by atoms with E-state index in [1.807, 2.05) is 12.3 Å². The lowest BCUT2D eigenvalue weighted by Gasteiger charge is -2.08. The van der Waals surface area contributed by atoms with Crippen LogP contribution in [0.4, 0.5) is 0 Å². The Morgan fingerprint density at radius 1 is 1.44 bits per heavy atom. The molecule has 0 saturated carbocycles. The van der Waals surface area contributed by atoms with E-state index in [1.165, 1.54) is 5.56 Å². The highest BCUT2D eigenvalue weighted by molar-refractivity contribution is 7.10. The number of aryl methyl sites for hydroxylation is 2. The molecule has 2 rings (SSSR count). The van der Waals surface area contributed by atoms with Crippen molar-refractivity contribution in [3.05, 3.63) is 43.2 Å². The van der Waals surface area contributed by atoms with E-state index < -0.39 is 6.10 Å². The van der Waals surface area contributed by atoms with E-state index in [2.05, 4.69) is 16.8 Å². The van der Waals surface area contributed by atoms with Crippen LogP contribution in [-0.4, -0.2) is 5.11 Å². The first kappa shape index (κ1) is 12.1. The van der Waals surface area contributed by atoms with E-state index in [-0.39, 0.29) is 0 Å². The molecule has 0 aliphatic rings. The highest BCUT2D eigenvalue weighted by atomic mass is 35.5. The summed E-state index contributed by atoms with van der Waals surface area (Å²) >= 11 is 9.35. The van der Waals surface area contributed by atoms with E-state index >= 15 is 0 Å². The number of rotatable bonds is 4. The maximum Gasteiger partial charge on any atom is 0.0900 e. The minimum atomic E-state index is -0.439. The largest absolute Gasteiger partial charge is 0.388 e. The fourth-order valence-electron chi connectivity index (χ4n) is 1.54. The molecule has 0 fully saturated rings. The molecule has 0 spiro atoms. The minimum Gasteiger partial charge on any atom is -0.388 e. The number of aliphatic hydroxyl groups is 1. The standard InChI is InChI=1S/C12H13ClOS2/c1-8-6-16-12(11(8)13)10(14)3-2-9-4-5-15-7-9/h4-7,10,14H,2-3H2,1H3. The lowest BCUT2D eigenvalue weighted by atomic mass is 10.1. The van der Waals surface area contributed by atoms with Crippen LogP contribution in [0.15, 0.2) is 22.2 Å². The fourth-order valence-corrected chi connectivity index (χ4v) is 3.59. The minimum absolute atomic E-state index is 0.439. The van der Waals surface area contributed by atoms with Crippen molar-refractivity contribution in [2.45, 2.75) is 25.9 Å². The van der Waals surface area contributed by atoms with Crippen molar-refractivity contribution in [2.75, 3.05) is 0 Å². The van der Waals surface area contributed by atoms with Crippen LogP contribution < -0.4 is 0 Å². The average molecular weight is 273 g/mol. The van der Waals surface area contributed by atoms with Crippen LogP contribution in [0.5, 0.6) is 0 Å². The summed E-state index contributed by atoms with van der Waals surface area (Å²) in [6.45, 7) is 1.97. The molecule has 4 heteroatoms. The molecule has 1 unspecified atom stereocenters. The number of hydrogen-bond acceptors (Lipinski definition) is 3. The molecule has 86 valence electrons. The van der Waals surface area contributed by atoms with Crippen LogP contribution in [0, 0.1) is 6.92 Å². The fraction of sp³-hybridized carbons (Fsp3) is 0.333. The first-order valence-electron chi connectivity index (χ1n) is 5.11. The first-order valence-corrected chi connectivity index (χ1v) is 7.31. The molecule has 16 heavy (non-hydrogen) atoms. The van der Waals surface area contributed by atoms with Crippen LogP contribution >= 0.6 is 34.3 Å². The predicted molar refractivity (Wildman–Crippen MR) is 71.7 cm³/mol. The third kappa shape index (κ3) is 2.66. The van der Waals surface area contributed by atoms with Gasteiger partial charge in [0, 0.05) is 0 Å². The quantitative estimate of drug-likeness (QED) is 0.873. The summed E-state index contributed by atoms with van der Waals surface area (Å²) in [6, 6.07) is 2.10. The van der Waals surface area contributed by atoms with Crippen LogP contribution in [0.25, 0.3) is 0 Å². The SMILES string of the molecule is Cc1csc(C(O)CCc2ccsc2)c1Cl. The second-order valence-electron chi connectivity index (χ2n) is 3.78. The lowest BCUT2D eigenvalue weighted by molar-refractivity contribution is 0.171. The van der Waals surface area contributed by atoms with E-state index in [1.54, 1.807) is 22.7 Å². The van der Waals surface area contributed by atoms with Gasteiger partial charge in [-0.15, -0.1) is 11.3 Å². The molecular weight excluding hydrogens is 260 g/mol. The van der Waals surface area contributed by atoms with Crippen LogP contribution in [-0.2, 0) is 6.42 Å². The van der Waals surface area contributed by atoms with Gasteiger partial charge < -0.3 is 5.11 Å². The highest BCUT2D eigenvalue weighted by Crippen LogP contribution is 2.34. The summed E-state index contributed by atoms with van der Waals surface area (Å²) in [5.74, 6) is 0. The number of halogens is 1. The van der Waals surface area contributed by atoms with Gasteiger partial charge in [0.1, 0.15) is 0 Å². The average Bonchev–Trinajstić information content (AvgIpc) is 2.88. The van der Waals surface area contributed by atoms with Crippen molar-refractivity contribution < 1.29 is 5.11 Å². The molecule has 0 saturated heterocycles. The van der Waals surface area contributed by atoms with E-state index in [0.29, 0.717) is 0 Å².